The van der Waals surface area contributed by atoms with Crippen LogP contribution in [0.4, 0.5) is 0 Å². The fourth-order valence-corrected chi connectivity index (χ4v) is 3.11. The van der Waals surface area contributed by atoms with Gasteiger partial charge in [-0.3, -0.25) is 4.79 Å². The second-order valence-corrected chi connectivity index (χ2v) is 6.61. The van der Waals surface area contributed by atoms with Crippen molar-refractivity contribution in [3.05, 3.63) is 40.8 Å². The van der Waals surface area contributed by atoms with Crippen LogP contribution in [0.15, 0.2) is 44.6 Å². The van der Waals surface area contributed by atoms with E-state index in [2.05, 4.69) is 0 Å². The number of phenols is 3. The van der Waals surface area contributed by atoms with Gasteiger partial charge < -0.3 is 29.0 Å². The predicted molar refractivity (Wildman–Crippen MR) is 87.4 cm³/mol. The number of hydrogen-bond acceptors (Lipinski definition) is 9. The number of ether oxygens (including phenoxy) is 1. The summed E-state index contributed by atoms with van der Waals surface area (Å²) in [6.07, 6.45) is 0.976. The fraction of sp³-hybridized carbons (Fsp3) is 0.0625. The summed E-state index contributed by atoms with van der Waals surface area (Å²) in [5.41, 5.74) is -1.10. The van der Waals surface area contributed by atoms with Crippen LogP contribution in [0.1, 0.15) is 0 Å². The van der Waals surface area contributed by atoms with Crippen LogP contribution in [0.25, 0.3) is 22.1 Å². The topological polar surface area (TPSA) is 157 Å². The first-order chi connectivity index (χ1) is 12.1. The molecular formula is C16H11KO9S. The minimum atomic E-state index is -4.98. The van der Waals surface area contributed by atoms with E-state index in [9.17, 15) is 33.1 Å². The van der Waals surface area contributed by atoms with Gasteiger partial charge in [-0.2, -0.15) is 0 Å². The molecule has 0 bridgehead atoms. The van der Waals surface area contributed by atoms with Crippen molar-refractivity contribution in [3.63, 3.8) is 0 Å². The number of methoxy groups -OCH3 is 1. The molecule has 0 atom stereocenters. The molecule has 0 aliphatic rings. The van der Waals surface area contributed by atoms with Crippen molar-refractivity contribution in [2.24, 2.45) is 0 Å². The first-order valence-corrected chi connectivity index (χ1v) is 8.39. The second kappa shape index (κ2) is 7.79. The summed E-state index contributed by atoms with van der Waals surface area (Å²) in [6, 6.07) is 4.05. The minimum Gasteiger partial charge on any atom is -0.744 e. The molecule has 1 aromatic heterocycles. The van der Waals surface area contributed by atoms with Gasteiger partial charge in [0.1, 0.15) is 33.1 Å². The standard InChI is InChI=1S/C16H12O9S.K/c1-24-16-10(18)5-11-13(15(16)20)14(19)8(6-25-11)7-2-3-9(17)12(4-7)26(21,22)23;/h2-6,17-18,20H,1H3,(H,21,22,23);/q;+1/p-1. The number of phenolic OH excluding ortho intramolecular Hbond substituents is 3. The molecule has 0 radical (unpaired) electrons. The van der Waals surface area contributed by atoms with Crippen molar-refractivity contribution in [2.45, 2.75) is 4.90 Å². The predicted octanol–water partition coefficient (Wildman–Crippen LogP) is -1.51. The molecule has 9 nitrogen and oxygen atoms in total. The molecule has 3 rings (SSSR count). The van der Waals surface area contributed by atoms with Gasteiger partial charge in [0.15, 0.2) is 11.5 Å². The largest absolute Gasteiger partial charge is 1.00 e. The Morgan fingerprint density at radius 2 is 1.78 bits per heavy atom. The van der Waals surface area contributed by atoms with Gasteiger partial charge in [-0.05, 0) is 17.7 Å². The Bertz CT molecular complexity index is 1200. The third kappa shape index (κ3) is 3.85. The molecule has 11 heteroatoms. The summed E-state index contributed by atoms with van der Waals surface area (Å²) in [6.45, 7) is 0. The molecule has 1 heterocycles. The summed E-state index contributed by atoms with van der Waals surface area (Å²) >= 11 is 0. The molecule has 0 amide bonds. The van der Waals surface area contributed by atoms with E-state index < -0.39 is 37.7 Å². The van der Waals surface area contributed by atoms with Gasteiger partial charge in [0.25, 0.3) is 0 Å². The molecule has 3 aromatic rings. The molecule has 0 saturated heterocycles. The quantitative estimate of drug-likeness (QED) is 0.340. The molecule has 27 heavy (non-hydrogen) atoms. The maximum absolute atomic E-state index is 12.7. The van der Waals surface area contributed by atoms with E-state index in [-0.39, 0.29) is 79.2 Å². The average Bonchev–Trinajstić information content (AvgIpc) is 2.55. The summed E-state index contributed by atoms with van der Waals surface area (Å²) in [4.78, 5) is 11.8. The second-order valence-electron chi connectivity index (χ2n) is 5.27. The van der Waals surface area contributed by atoms with Gasteiger partial charge >= 0.3 is 51.4 Å². The molecule has 2 aromatic carbocycles. The van der Waals surface area contributed by atoms with E-state index in [1.54, 1.807) is 0 Å². The molecule has 0 aliphatic carbocycles. The Hall–Kier alpha value is -1.60. The molecular weight excluding hydrogens is 407 g/mol. The first-order valence-electron chi connectivity index (χ1n) is 6.99. The monoisotopic (exact) mass is 418 g/mol. The molecule has 3 N–H and O–H groups in total. The maximum atomic E-state index is 12.7. The van der Waals surface area contributed by atoms with Gasteiger partial charge in [0, 0.05) is 6.07 Å². The molecule has 0 unspecified atom stereocenters. The van der Waals surface area contributed by atoms with E-state index >= 15 is 0 Å². The number of fused-ring (bicyclic) bond motifs is 1. The third-order valence-corrected chi connectivity index (χ3v) is 4.58. The van der Waals surface area contributed by atoms with Crippen LogP contribution in [0.5, 0.6) is 23.0 Å². The summed E-state index contributed by atoms with van der Waals surface area (Å²) in [5.74, 6) is -2.20. The van der Waals surface area contributed by atoms with Crippen LogP contribution in [-0.4, -0.2) is 35.4 Å². The van der Waals surface area contributed by atoms with E-state index in [4.69, 9.17) is 9.15 Å². The zero-order valence-electron chi connectivity index (χ0n) is 14.1. The molecule has 0 aliphatic heterocycles. The van der Waals surface area contributed by atoms with Gasteiger partial charge in [0.05, 0.1) is 17.6 Å². The van der Waals surface area contributed by atoms with Crippen molar-refractivity contribution in [1.82, 2.24) is 0 Å². The molecule has 0 spiro atoms. The normalized spacial score (nSPS) is 11.2. The number of hydrogen-bond donors (Lipinski definition) is 3. The van der Waals surface area contributed by atoms with Crippen molar-refractivity contribution < 1.29 is 88.8 Å². The van der Waals surface area contributed by atoms with Crippen molar-refractivity contribution in [1.29, 1.82) is 0 Å². The van der Waals surface area contributed by atoms with Crippen molar-refractivity contribution >= 4 is 21.1 Å². The van der Waals surface area contributed by atoms with Gasteiger partial charge in [-0.25, -0.2) is 8.42 Å². The van der Waals surface area contributed by atoms with Crippen LogP contribution in [0.3, 0.4) is 0 Å². The van der Waals surface area contributed by atoms with Crippen LogP contribution in [0, 0.1) is 0 Å². The average molecular weight is 418 g/mol. The Balaban J connectivity index is 0.00000261. The summed E-state index contributed by atoms with van der Waals surface area (Å²) in [5, 5.41) is 29.2. The Morgan fingerprint density at radius 1 is 1.11 bits per heavy atom. The van der Waals surface area contributed by atoms with E-state index in [0.717, 1.165) is 24.5 Å². The van der Waals surface area contributed by atoms with Gasteiger partial charge in [-0.15, -0.1) is 0 Å². The van der Waals surface area contributed by atoms with Crippen molar-refractivity contribution in [3.8, 4) is 34.1 Å². The Kier molecular flexibility index (Phi) is 6.26. The first kappa shape index (κ1) is 21.7. The van der Waals surface area contributed by atoms with Crippen LogP contribution < -0.4 is 61.6 Å². The zero-order valence-corrected chi connectivity index (χ0v) is 18.0. The van der Waals surface area contributed by atoms with Gasteiger partial charge in [0.2, 0.25) is 11.2 Å². The smallest absolute Gasteiger partial charge is 0.744 e. The minimum absolute atomic E-state index is 0. The van der Waals surface area contributed by atoms with Crippen LogP contribution in [-0.2, 0) is 10.1 Å². The number of aromatic hydroxyl groups is 3. The van der Waals surface area contributed by atoms with Crippen LogP contribution in [0.2, 0.25) is 0 Å². The van der Waals surface area contributed by atoms with E-state index in [1.807, 2.05) is 0 Å². The molecule has 0 fully saturated rings. The van der Waals surface area contributed by atoms with E-state index in [1.165, 1.54) is 13.2 Å². The Morgan fingerprint density at radius 3 is 2.37 bits per heavy atom. The van der Waals surface area contributed by atoms with Crippen molar-refractivity contribution in [2.75, 3.05) is 7.11 Å². The third-order valence-electron chi connectivity index (χ3n) is 3.72. The summed E-state index contributed by atoms with van der Waals surface area (Å²) < 4.78 is 43.7. The van der Waals surface area contributed by atoms with E-state index in [0.29, 0.717) is 0 Å². The Labute approximate surface area is 195 Å². The number of rotatable bonds is 3. The summed E-state index contributed by atoms with van der Waals surface area (Å²) in [7, 11) is -3.80. The number of benzene rings is 2. The SMILES string of the molecule is COc1c(O)cc2occ(-c3ccc(O)c(S(=O)(=O)[O-])c3)c(=O)c2c1O.[K+]. The zero-order chi connectivity index (χ0) is 19.2. The van der Waals surface area contributed by atoms with Crippen LogP contribution >= 0.6 is 0 Å². The molecule has 136 valence electrons. The molecule has 0 saturated carbocycles. The maximum Gasteiger partial charge on any atom is 1.00 e. The fourth-order valence-electron chi connectivity index (χ4n) is 2.52. The van der Waals surface area contributed by atoms with Gasteiger partial charge in [-0.1, -0.05) is 6.07 Å².